The average molecular weight is 368 g/mol. The molecule has 1 aliphatic rings. The number of piperidine rings is 1. The summed E-state index contributed by atoms with van der Waals surface area (Å²) >= 11 is 0. The third-order valence-electron chi connectivity index (χ3n) is 5.24. The van der Waals surface area contributed by atoms with Crippen LogP contribution in [0.5, 0.6) is 0 Å². The number of carbonyl (C=O) groups excluding carboxylic acids is 1. The number of carbonyl (C=O) groups is 1. The van der Waals surface area contributed by atoms with Crippen molar-refractivity contribution in [2.45, 2.75) is 33.2 Å². The molecule has 1 fully saturated rings. The second-order valence-corrected chi connectivity index (χ2v) is 7.09. The fraction of sp³-hybridized carbons (Fsp3) is 0.476. The Hall–Kier alpha value is -2.47. The summed E-state index contributed by atoms with van der Waals surface area (Å²) in [5, 5.41) is 6.59. The average Bonchev–Trinajstić information content (AvgIpc) is 2.70. The SMILES string of the molecule is CCN(CC)C(=O)C1CCCN(Cc2cccc(-c3ccc(=O)[nH]n3)c2)C1. The van der Waals surface area contributed by atoms with Crippen LogP contribution in [0, 0.1) is 5.92 Å². The lowest BCUT2D eigenvalue weighted by atomic mass is 9.95. The molecule has 0 spiro atoms. The fourth-order valence-electron chi connectivity index (χ4n) is 3.79. The highest BCUT2D eigenvalue weighted by Crippen LogP contribution is 2.22. The Kier molecular flexibility index (Phi) is 6.40. The van der Waals surface area contributed by atoms with Crippen molar-refractivity contribution in [3.63, 3.8) is 0 Å². The summed E-state index contributed by atoms with van der Waals surface area (Å²) in [5.74, 6) is 0.388. The van der Waals surface area contributed by atoms with Gasteiger partial charge in [-0.05, 0) is 50.9 Å². The van der Waals surface area contributed by atoms with Crippen molar-refractivity contribution in [1.29, 1.82) is 0 Å². The minimum absolute atomic E-state index is 0.0997. The number of hydrogen-bond donors (Lipinski definition) is 1. The first-order valence-electron chi connectivity index (χ1n) is 9.77. The van der Waals surface area contributed by atoms with E-state index in [-0.39, 0.29) is 17.4 Å². The maximum absolute atomic E-state index is 12.7. The van der Waals surface area contributed by atoms with Gasteiger partial charge >= 0.3 is 0 Å². The van der Waals surface area contributed by atoms with Crippen LogP contribution < -0.4 is 5.56 Å². The number of aromatic nitrogens is 2. The summed E-state index contributed by atoms with van der Waals surface area (Å²) in [6.07, 6.45) is 2.03. The van der Waals surface area contributed by atoms with Gasteiger partial charge in [-0.2, -0.15) is 5.10 Å². The van der Waals surface area contributed by atoms with E-state index in [0.29, 0.717) is 0 Å². The summed E-state index contributed by atoms with van der Waals surface area (Å²) < 4.78 is 0. The van der Waals surface area contributed by atoms with Gasteiger partial charge in [0.2, 0.25) is 5.91 Å². The summed E-state index contributed by atoms with van der Waals surface area (Å²) in [7, 11) is 0. The molecule has 1 aromatic carbocycles. The van der Waals surface area contributed by atoms with Crippen LogP contribution >= 0.6 is 0 Å². The molecule has 0 saturated carbocycles. The molecule has 1 amide bonds. The summed E-state index contributed by atoms with van der Waals surface area (Å²) in [6.45, 7) is 8.29. The fourth-order valence-corrected chi connectivity index (χ4v) is 3.79. The Morgan fingerprint density at radius 3 is 2.78 bits per heavy atom. The number of H-pyrrole nitrogens is 1. The molecule has 0 bridgehead atoms. The molecule has 1 aromatic heterocycles. The number of rotatable bonds is 6. The van der Waals surface area contributed by atoms with Gasteiger partial charge in [0.25, 0.3) is 5.56 Å². The zero-order valence-corrected chi connectivity index (χ0v) is 16.1. The number of aromatic amines is 1. The molecule has 27 heavy (non-hydrogen) atoms. The van der Waals surface area contributed by atoms with Gasteiger partial charge in [-0.1, -0.05) is 18.2 Å². The number of nitrogens with zero attached hydrogens (tertiary/aromatic N) is 3. The van der Waals surface area contributed by atoms with Crippen LogP contribution in [-0.2, 0) is 11.3 Å². The van der Waals surface area contributed by atoms with Crippen LogP contribution in [0.3, 0.4) is 0 Å². The lowest BCUT2D eigenvalue weighted by Crippen LogP contribution is -2.44. The van der Waals surface area contributed by atoms with Crippen LogP contribution in [0.2, 0.25) is 0 Å². The molecular weight excluding hydrogens is 340 g/mol. The van der Waals surface area contributed by atoms with Gasteiger partial charge in [0.1, 0.15) is 0 Å². The highest BCUT2D eigenvalue weighted by Gasteiger charge is 2.28. The number of likely N-dealkylation sites (tertiary alicyclic amines) is 1. The molecule has 6 nitrogen and oxygen atoms in total. The minimum atomic E-state index is -0.202. The van der Waals surface area contributed by atoms with E-state index >= 15 is 0 Å². The highest BCUT2D eigenvalue weighted by atomic mass is 16.2. The van der Waals surface area contributed by atoms with E-state index in [1.165, 1.54) is 11.6 Å². The van der Waals surface area contributed by atoms with Crippen molar-refractivity contribution in [1.82, 2.24) is 20.0 Å². The first kappa shape index (κ1) is 19.3. The van der Waals surface area contributed by atoms with Crippen LogP contribution in [0.1, 0.15) is 32.3 Å². The van der Waals surface area contributed by atoms with Crippen molar-refractivity contribution >= 4 is 5.91 Å². The lowest BCUT2D eigenvalue weighted by molar-refractivity contribution is -0.137. The van der Waals surface area contributed by atoms with Crippen LogP contribution in [0.25, 0.3) is 11.3 Å². The maximum Gasteiger partial charge on any atom is 0.264 e. The maximum atomic E-state index is 12.7. The first-order chi connectivity index (χ1) is 13.1. The molecule has 1 unspecified atom stereocenters. The minimum Gasteiger partial charge on any atom is -0.343 e. The monoisotopic (exact) mass is 368 g/mol. The molecule has 0 radical (unpaired) electrons. The molecule has 2 aromatic rings. The van der Waals surface area contributed by atoms with E-state index in [2.05, 4.69) is 27.2 Å². The van der Waals surface area contributed by atoms with Crippen molar-refractivity contribution in [2.24, 2.45) is 5.92 Å². The highest BCUT2D eigenvalue weighted by molar-refractivity contribution is 5.79. The van der Waals surface area contributed by atoms with Gasteiger partial charge < -0.3 is 4.90 Å². The van der Waals surface area contributed by atoms with E-state index < -0.39 is 0 Å². The molecular formula is C21H28N4O2. The summed E-state index contributed by atoms with van der Waals surface area (Å²) in [5.41, 5.74) is 2.73. The van der Waals surface area contributed by atoms with Gasteiger partial charge in [0.15, 0.2) is 0 Å². The Balaban J connectivity index is 1.68. The van der Waals surface area contributed by atoms with E-state index in [4.69, 9.17) is 0 Å². The predicted molar refractivity (Wildman–Crippen MR) is 106 cm³/mol. The molecule has 3 rings (SSSR count). The second-order valence-electron chi connectivity index (χ2n) is 7.09. The zero-order valence-electron chi connectivity index (χ0n) is 16.1. The van der Waals surface area contributed by atoms with Crippen LogP contribution in [0.4, 0.5) is 0 Å². The normalized spacial score (nSPS) is 17.6. The second kappa shape index (κ2) is 8.95. The van der Waals surface area contributed by atoms with Crippen LogP contribution in [-0.4, -0.2) is 52.1 Å². The molecule has 1 saturated heterocycles. The van der Waals surface area contributed by atoms with Gasteiger partial charge in [-0.3, -0.25) is 14.5 Å². The van der Waals surface area contributed by atoms with Gasteiger partial charge in [0.05, 0.1) is 11.6 Å². The molecule has 1 aliphatic heterocycles. The number of benzene rings is 1. The quantitative estimate of drug-likeness (QED) is 0.851. The number of nitrogens with one attached hydrogen (secondary N) is 1. The van der Waals surface area contributed by atoms with Gasteiger partial charge in [-0.25, -0.2) is 5.10 Å². The van der Waals surface area contributed by atoms with E-state index in [1.807, 2.05) is 30.9 Å². The van der Waals surface area contributed by atoms with Crippen LogP contribution in [0.15, 0.2) is 41.2 Å². The van der Waals surface area contributed by atoms with E-state index in [9.17, 15) is 9.59 Å². The Labute approximate surface area is 160 Å². The zero-order chi connectivity index (χ0) is 19.2. The topological polar surface area (TPSA) is 69.3 Å². The van der Waals surface area contributed by atoms with Crippen molar-refractivity contribution in [2.75, 3.05) is 26.2 Å². The number of hydrogen-bond acceptors (Lipinski definition) is 4. The third-order valence-corrected chi connectivity index (χ3v) is 5.24. The van der Waals surface area contributed by atoms with E-state index in [1.54, 1.807) is 6.07 Å². The molecule has 144 valence electrons. The molecule has 2 heterocycles. The molecule has 1 atom stereocenters. The van der Waals surface area contributed by atoms with Crippen molar-refractivity contribution in [3.8, 4) is 11.3 Å². The van der Waals surface area contributed by atoms with Gasteiger partial charge in [0, 0.05) is 37.8 Å². The Morgan fingerprint density at radius 2 is 2.07 bits per heavy atom. The predicted octanol–water partition coefficient (Wildman–Crippen LogP) is 2.52. The smallest absolute Gasteiger partial charge is 0.264 e. The Bertz CT molecular complexity index is 808. The third kappa shape index (κ3) is 4.83. The molecule has 0 aliphatic carbocycles. The summed E-state index contributed by atoms with van der Waals surface area (Å²) in [6, 6.07) is 11.4. The molecule has 6 heteroatoms. The first-order valence-corrected chi connectivity index (χ1v) is 9.77. The van der Waals surface area contributed by atoms with Gasteiger partial charge in [-0.15, -0.1) is 0 Å². The lowest BCUT2D eigenvalue weighted by Gasteiger charge is -2.34. The number of amides is 1. The summed E-state index contributed by atoms with van der Waals surface area (Å²) in [4.78, 5) is 28.2. The largest absolute Gasteiger partial charge is 0.343 e. The Morgan fingerprint density at radius 1 is 1.26 bits per heavy atom. The standard InChI is InChI=1S/C21H28N4O2/c1-3-25(4-2)21(27)18-9-6-12-24(15-18)14-16-7-5-8-17(13-16)19-10-11-20(26)23-22-19/h5,7-8,10-11,13,18H,3-4,6,9,12,14-15H2,1-2H3,(H,23,26). The van der Waals surface area contributed by atoms with Crippen molar-refractivity contribution in [3.05, 3.63) is 52.3 Å². The van der Waals surface area contributed by atoms with E-state index in [0.717, 1.165) is 56.8 Å². The molecule has 1 N–H and O–H groups in total. The van der Waals surface area contributed by atoms with Crippen molar-refractivity contribution < 1.29 is 4.79 Å².